The number of pyridine rings is 2. The number of nitrogens with zero attached hydrogens (tertiary/aromatic N) is 4. The third-order valence-electron chi connectivity index (χ3n) is 3.73. The Bertz CT molecular complexity index is 698. The molecular weight excluding hydrogens is 292 g/mol. The molecule has 0 saturated carbocycles. The fourth-order valence-electron chi connectivity index (χ4n) is 2.65. The minimum absolute atomic E-state index is 0.249. The molecule has 0 aromatic carbocycles. The van der Waals surface area contributed by atoms with Crippen molar-refractivity contribution in [3.8, 4) is 0 Å². The summed E-state index contributed by atoms with van der Waals surface area (Å²) in [5.74, 6) is 0.881. The van der Waals surface area contributed by atoms with Gasteiger partial charge in [0.1, 0.15) is 11.1 Å². The molecule has 0 aliphatic carbocycles. The highest BCUT2D eigenvalue weighted by molar-refractivity contribution is 5.88. The second kappa shape index (κ2) is 6.02. The zero-order valence-electron chi connectivity index (χ0n) is 13.8. The number of fused-ring (bicyclic) bond motifs is 1. The lowest BCUT2D eigenvalue weighted by molar-refractivity contribution is 0.0240. The summed E-state index contributed by atoms with van der Waals surface area (Å²) < 4.78 is 5.43. The summed E-state index contributed by atoms with van der Waals surface area (Å²) in [5, 5.41) is 1.08. The minimum Gasteiger partial charge on any atom is -0.444 e. The lowest BCUT2D eigenvalue weighted by atomic mass is 10.2. The summed E-state index contributed by atoms with van der Waals surface area (Å²) in [5.41, 5.74) is 0.440. The van der Waals surface area contributed by atoms with Crippen molar-refractivity contribution in [2.75, 3.05) is 31.1 Å². The van der Waals surface area contributed by atoms with Gasteiger partial charge < -0.3 is 14.5 Å². The minimum atomic E-state index is -0.463. The van der Waals surface area contributed by atoms with Crippen LogP contribution in [0.4, 0.5) is 10.6 Å². The quantitative estimate of drug-likeness (QED) is 0.810. The van der Waals surface area contributed by atoms with Gasteiger partial charge in [-0.25, -0.2) is 9.78 Å². The molecule has 3 rings (SSSR count). The van der Waals surface area contributed by atoms with Crippen LogP contribution in [0.15, 0.2) is 30.6 Å². The Balaban J connectivity index is 1.70. The number of amides is 1. The van der Waals surface area contributed by atoms with E-state index in [1.807, 2.05) is 39.0 Å². The fraction of sp³-hybridized carbons (Fsp3) is 0.471. The molecule has 1 amide bonds. The zero-order chi connectivity index (χ0) is 16.4. The predicted octanol–water partition coefficient (Wildman–Crippen LogP) is 2.69. The van der Waals surface area contributed by atoms with Crippen molar-refractivity contribution in [1.82, 2.24) is 14.9 Å². The van der Waals surface area contributed by atoms with Crippen LogP contribution < -0.4 is 4.90 Å². The van der Waals surface area contributed by atoms with Gasteiger partial charge in [-0.15, -0.1) is 0 Å². The maximum Gasteiger partial charge on any atom is 0.410 e. The third-order valence-corrected chi connectivity index (χ3v) is 3.73. The first-order chi connectivity index (χ1) is 10.9. The van der Waals surface area contributed by atoms with Gasteiger partial charge in [0.2, 0.25) is 0 Å². The van der Waals surface area contributed by atoms with E-state index in [1.165, 1.54) is 0 Å². The normalized spacial score (nSPS) is 15.8. The van der Waals surface area contributed by atoms with Gasteiger partial charge in [-0.2, -0.15) is 0 Å². The molecule has 0 unspecified atom stereocenters. The van der Waals surface area contributed by atoms with Crippen LogP contribution in [0.1, 0.15) is 20.8 Å². The second-order valence-corrected chi connectivity index (χ2v) is 6.66. The van der Waals surface area contributed by atoms with E-state index in [9.17, 15) is 4.79 Å². The van der Waals surface area contributed by atoms with Gasteiger partial charge in [-0.05, 0) is 32.9 Å². The molecule has 0 radical (unpaired) electrons. The summed E-state index contributed by atoms with van der Waals surface area (Å²) in [6.45, 7) is 8.34. The summed E-state index contributed by atoms with van der Waals surface area (Å²) in [6, 6.07) is 5.92. The van der Waals surface area contributed by atoms with Crippen LogP contribution in [-0.2, 0) is 4.74 Å². The molecule has 122 valence electrons. The molecule has 0 bridgehead atoms. The maximum absolute atomic E-state index is 12.1. The lowest BCUT2D eigenvalue weighted by Gasteiger charge is -2.36. The predicted molar refractivity (Wildman–Crippen MR) is 89.6 cm³/mol. The van der Waals surface area contributed by atoms with Crippen LogP contribution in [0.3, 0.4) is 0 Å². The SMILES string of the molecule is CC(C)(C)OC(=O)N1CCN(c2nccc3cccnc23)CC1. The van der Waals surface area contributed by atoms with Crippen LogP contribution in [0, 0.1) is 0 Å². The summed E-state index contributed by atoms with van der Waals surface area (Å²) in [6.07, 6.45) is 3.34. The second-order valence-electron chi connectivity index (χ2n) is 6.66. The van der Waals surface area contributed by atoms with E-state index in [-0.39, 0.29) is 6.09 Å². The molecule has 1 aliphatic rings. The summed E-state index contributed by atoms with van der Waals surface area (Å²) in [7, 11) is 0. The van der Waals surface area contributed by atoms with E-state index in [1.54, 1.807) is 17.3 Å². The molecular formula is C17H22N4O2. The number of piperazine rings is 1. The molecule has 1 aliphatic heterocycles. The number of rotatable bonds is 1. The first-order valence-corrected chi connectivity index (χ1v) is 7.87. The van der Waals surface area contributed by atoms with Gasteiger partial charge in [-0.3, -0.25) is 4.98 Å². The van der Waals surface area contributed by atoms with E-state index in [4.69, 9.17) is 4.74 Å². The maximum atomic E-state index is 12.1. The van der Waals surface area contributed by atoms with Crippen molar-refractivity contribution < 1.29 is 9.53 Å². The van der Waals surface area contributed by atoms with Crippen molar-refractivity contribution in [1.29, 1.82) is 0 Å². The van der Waals surface area contributed by atoms with Crippen molar-refractivity contribution in [3.63, 3.8) is 0 Å². The van der Waals surface area contributed by atoms with Gasteiger partial charge in [0.15, 0.2) is 5.82 Å². The van der Waals surface area contributed by atoms with Crippen LogP contribution in [0.2, 0.25) is 0 Å². The summed E-state index contributed by atoms with van der Waals surface area (Å²) >= 11 is 0. The van der Waals surface area contributed by atoms with E-state index in [0.717, 1.165) is 29.8 Å². The van der Waals surface area contributed by atoms with E-state index >= 15 is 0 Å². The number of aromatic nitrogens is 2. The largest absolute Gasteiger partial charge is 0.444 e. The number of ether oxygens (including phenoxy) is 1. The Morgan fingerprint density at radius 2 is 1.83 bits per heavy atom. The number of anilines is 1. The molecule has 6 heteroatoms. The lowest BCUT2D eigenvalue weighted by Crippen LogP contribution is -2.50. The molecule has 2 aromatic rings. The Labute approximate surface area is 136 Å². The van der Waals surface area contributed by atoms with Crippen LogP contribution in [-0.4, -0.2) is 52.7 Å². The number of carbonyl (C=O) groups is 1. The fourth-order valence-corrected chi connectivity index (χ4v) is 2.65. The highest BCUT2D eigenvalue weighted by Gasteiger charge is 2.26. The average Bonchev–Trinajstić information content (AvgIpc) is 2.53. The Kier molecular flexibility index (Phi) is 4.07. The zero-order valence-corrected chi connectivity index (χ0v) is 13.8. The monoisotopic (exact) mass is 314 g/mol. The van der Waals surface area contributed by atoms with Crippen molar-refractivity contribution in [2.24, 2.45) is 0 Å². The van der Waals surface area contributed by atoms with Gasteiger partial charge in [0.05, 0.1) is 0 Å². The van der Waals surface area contributed by atoms with E-state index in [0.29, 0.717) is 13.1 Å². The van der Waals surface area contributed by atoms with Crippen LogP contribution >= 0.6 is 0 Å². The summed E-state index contributed by atoms with van der Waals surface area (Å²) in [4.78, 5) is 25.0. The first kappa shape index (κ1) is 15.5. The molecule has 2 aromatic heterocycles. The first-order valence-electron chi connectivity index (χ1n) is 7.87. The van der Waals surface area contributed by atoms with E-state index in [2.05, 4.69) is 14.9 Å². The van der Waals surface area contributed by atoms with Crippen molar-refractivity contribution in [2.45, 2.75) is 26.4 Å². The Morgan fingerprint density at radius 3 is 2.52 bits per heavy atom. The number of carbonyl (C=O) groups excluding carboxylic acids is 1. The third kappa shape index (κ3) is 3.52. The molecule has 0 atom stereocenters. The van der Waals surface area contributed by atoms with Gasteiger partial charge in [0.25, 0.3) is 0 Å². The molecule has 23 heavy (non-hydrogen) atoms. The number of hydrogen-bond acceptors (Lipinski definition) is 5. The van der Waals surface area contributed by atoms with Crippen LogP contribution in [0.5, 0.6) is 0 Å². The van der Waals surface area contributed by atoms with Crippen LogP contribution in [0.25, 0.3) is 10.9 Å². The molecule has 0 spiro atoms. The van der Waals surface area contributed by atoms with Gasteiger partial charge in [0, 0.05) is 44.0 Å². The Hall–Kier alpha value is -2.37. The molecule has 1 fully saturated rings. The highest BCUT2D eigenvalue weighted by atomic mass is 16.6. The molecule has 0 N–H and O–H groups in total. The Morgan fingerprint density at radius 1 is 1.09 bits per heavy atom. The van der Waals surface area contributed by atoms with Gasteiger partial charge >= 0.3 is 6.09 Å². The number of hydrogen-bond donors (Lipinski definition) is 0. The highest BCUT2D eigenvalue weighted by Crippen LogP contribution is 2.23. The van der Waals surface area contributed by atoms with Crippen molar-refractivity contribution >= 4 is 22.8 Å². The van der Waals surface area contributed by atoms with E-state index < -0.39 is 5.60 Å². The van der Waals surface area contributed by atoms with Crippen molar-refractivity contribution in [3.05, 3.63) is 30.6 Å². The average molecular weight is 314 g/mol. The van der Waals surface area contributed by atoms with Gasteiger partial charge in [-0.1, -0.05) is 6.07 Å². The molecule has 6 nitrogen and oxygen atoms in total. The topological polar surface area (TPSA) is 58.6 Å². The molecule has 1 saturated heterocycles. The smallest absolute Gasteiger partial charge is 0.410 e. The standard InChI is InChI=1S/C17H22N4O2/c1-17(2,3)23-16(22)21-11-9-20(10-12-21)15-14-13(6-8-19-15)5-4-7-18-14/h4-8H,9-12H2,1-3H3. The molecule has 3 heterocycles.